The standard InChI is InChI=1S/C3H3F6NS/c1-10-11(2(4,5)6)3(7,8)9/h1H3. The van der Waals surface area contributed by atoms with Gasteiger partial charge in [0, 0.05) is 7.05 Å². The van der Waals surface area contributed by atoms with Crippen molar-refractivity contribution in [3.05, 3.63) is 0 Å². The Hall–Kier alpha value is -0.270. The maximum Gasteiger partial charge on any atom is 0.460 e. The van der Waals surface area contributed by atoms with E-state index in [2.05, 4.69) is 4.36 Å². The van der Waals surface area contributed by atoms with Gasteiger partial charge in [-0.3, -0.25) is 4.36 Å². The molecule has 0 bridgehead atoms. The molecule has 0 aromatic carbocycles. The van der Waals surface area contributed by atoms with E-state index in [1.807, 2.05) is 0 Å². The van der Waals surface area contributed by atoms with E-state index in [4.69, 9.17) is 0 Å². The molecule has 0 radical (unpaired) electrons. The molecule has 8 heteroatoms. The van der Waals surface area contributed by atoms with Crippen LogP contribution in [0.1, 0.15) is 0 Å². The average Bonchev–Trinajstić information content (AvgIpc) is 1.56. The van der Waals surface area contributed by atoms with Gasteiger partial charge in [-0.05, 0) is 0 Å². The van der Waals surface area contributed by atoms with Crippen LogP contribution in [0, 0.1) is 0 Å². The predicted octanol–water partition coefficient (Wildman–Crippen LogP) is 2.46. The number of hydrogen-bond donors (Lipinski definition) is 0. The Morgan fingerprint density at radius 3 is 1.18 bits per heavy atom. The van der Waals surface area contributed by atoms with Crippen LogP contribution in [0.5, 0.6) is 0 Å². The normalized spacial score (nSPS) is 13.8. The quantitative estimate of drug-likeness (QED) is 0.531. The van der Waals surface area contributed by atoms with Gasteiger partial charge in [0.2, 0.25) is 0 Å². The van der Waals surface area contributed by atoms with E-state index in [0.29, 0.717) is 7.05 Å². The second-order valence-corrected chi connectivity index (χ2v) is 3.22. The first-order chi connectivity index (χ1) is 4.69. The van der Waals surface area contributed by atoms with Crippen molar-refractivity contribution in [1.82, 2.24) is 0 Å². The van der Waals surface area contributed by atoms with Crippen molar-refractivity contribution < 1.29 is 26.3 Å². The van der Waals surface area contributed by atoms with E-state index in [9.17, 15) is 26.3 Å². The molecule has 0 heterocycles. The lowest BCUT2D eigenvalue weighted by atomic mass is 11.5. The zero-order valence-electron chi connectivity index (χ0n) is 5.12. The first-order valence-electron chi connectivity index (χ1n) is 2.17. The fourth-order valence-electron chi connectivity index (χ4n) is 0.338. The van der Waals surface area contributed by atoms with E-state index in [1.165, 1.54) is 0 Å². The van der Waals surface area contributed by atoms with Gasteiger partial charge in [0.05, 0.1) is 0 Å². The number of hydrogen-bond acceptors (Lipinski definition) is 1. The fourth-order valence-corrected chi connectivity index (χ4v) is 1.01. The molecule has 0 saturated carbocycles. The highest BCUT2D eigenvalue weighted by Crippen LogP contribution is 2.34. The van der Waals surface area contributed by atoms with E-state index in [0.717, 1.165) is 0 Å². The summed E-state index contributed by atoms with van der Waals surface area (Å²) in [5, 5.41) is 0. The minimum absolute atomic E-state index is 0.490. The van der Waals surface area contributed by atoms with E-state index in [1.54, 1.807) is 0 Å². The molecular weight excluding hydrogens is 196 g/mol. The van der Waals surface area contributed by atoms with Gasteiger partial charge in [-0.15, -0.1) is 0 Å². The summed E-state index contributed by atoms with van der Waals surface area (Å²) in [4.78, 5) is 0. The van der Waals surface area contributed by atoms with E-state index < -0.39 is 21.7 Å². The second-order valence-electron chi connectivity index (χ2n) is 1.36. The number of rotatable bonds is 0. The first-order valence-corrected chi connectivity index (χ1v) is 3.35. The average molecular weight is 199 g/mol. The minimum Gasteiger partial charge on any atom is -0.252 e. The summed E-state index contributed by atoms with van der Waals surface area (Å²) < 4.78 is 70.7. The van der Waals surface area contributed by atoms with Crippen molar-refractivity contribution in [2.75, 3.05) is 7.05 Å². The zero-order valence-corrected chi connectivity index (χ0v) is 5.94. The maximum atomic E-state index is 11.4. The number of nitrogens with zero attached hydrogens (tertiary/aromatic N) is 1. The molecule has 0 rings (SSSR count). The van der Waals surface area contributed by atoms with Crippen LogP contribution in [0.4, 0.5) is 26.3 Å². The van der Waals surface area contributed by atoms with Crippen molar-refractivity contribution in [1.29, 1.82) is 0 Å². The van der Waals surface area contributed by atoms with Gasteiger partial charge in [0.15, 0.2) is 0 Å². The van der Waals surface area contributed by atoms with Crippen LogP contribution in [0.3, 0.4) is 0 Å². The maximum absolute atomic E-state index is 11.4. The topological polar surface area (TPSA) is 12.4 Å². The molecule has 0 fully saturated rings. The molecule has 1 nitrogen and oxygen atoms in total. The Labute approximate surface area is 60.5 Å². The molecule has 0 N–H and O–H groups in total. The highest BCUT2D eigenvalue weighted by atomic mass is 32.2. The van der Waals surface area contributed by atoms with Gasteiger partial charge >= 0.3 is 11.0 Å². The Balaban J connectivity index is 4.74. The smallest absolute Gasteiger partial charge is 0.252 e. The molecule has 0 spiro atoms. The fraction of sp³-hybridized carbons (Fsp3) is 1.00. The van der Waals surface area contributed by atoms with Crippen LogP contribution in [0.25, 0.3) is 0 Å². The first kappa shape index (κ1) is 10.7. The molecular formula is C3H3F6NS. The molecule has 0 unspecified atom stereocenters. The summed E-state index contributed by atoms with van der Waals surface area (Å²) in [7, 11) is -3.35. The highest BCUT2D eigenvalue weighted by molar-refractivity contribution is 7.89. The van der Waals surface area contributed by atoms with Gasteiger partial charge in [-0.2, -0.15) is 26.3 Å². The van der Waals surface area contributed by atoms with Crippen molar-refractivity contribution in [3.8, 4) is 0 Å². The van der Waals surface area contributed by atoms with Crippen LogP contribution in [0.15, 0.2) is 4.36 Å². The molecule has 0 aliphatic carbocycles. The number of halogens is 6. The van der Waals surface area contributed by atoms with Gasteiger partial charge in [-0.25, -0.2) is 0 Å². The lowest BCUT2D eigenvalue weighted by Gasteiger charge is -2.13. The summed E-state index contributed by atoms with van der Waals surface area (Å²) >= 11 is 0. The summed E-state index contributed by atoms with van der Waals surface area (Å²) in [5.41, 5.74) is -10.6. The van der Waals surface area contributed by atoms with Crippen LogP contribution >= 0.6 is 0 Å². The predicted molar refractivity (Wildman–Crippen MR) is 27.8 cm³/mol. The molecule has 0 aromatic heterocycles. The van der Waals surface area contributed by atoms with Crippen molar-refractivity contribution in [3.63, 3.8) is 0 Å². The van der Waals surface area contributed by atoms with Gasteiger partial charge in [0.1, 0.15) is 10.7 Å². The van der Waals surface area contributed by atoms with Gasteiger partial charge < -0.3 is 0 Å². The van der Waals surface area contributed by atoms with E-state index in [-0.39, 0.29) is 0 Å². The third-order valence-corrected chi connectivity index (χ3v) is 1.86. The van der Waals surface area contributed by atoms with Gasteiger partial charge in [-0.1, -0.05) is 0 Å². The van der Waals surface area contributed by atoms with Crippen molar-refractivity contribution in [2.24, 2.45) is 4.36 Å². The lowest BCUT2D eigenvalue weighted by molar-refractivity contribution is -0.0749. The molecule has 0 aromatic rings. The van der Waals surface area contributed by atoms with Gasteiger partial charge in [0.25, 0.3) is 0 Å². The summed E-state index contributed by atoms with van der Waals surface area (Å²) in [6.45, 7) is 0. The molecule has 0 aliphatic rings. The Kier molecular flexibility index (Phi) is 2.92. The van der Waals surface area contributed by atoms with E-state index >= 15 is 0 Å². The zero-order chi connectivity index (χ0) is 9.28. The molecule has 0 atom stereocenters. The van der Waals surface area contributed by atoms with Crippen molar-refractivity contribution in [2.45, 2.75) is 11.0 Å². The SMILES string of the molecule is CN=S(C(F)(F)F)C(F)(F)F. The van der Waals surface area contributed by atoms with Crippen LogP contribution in [-0.4, -0.2) is 18.1 Å². The third kappa shape index (κ3) is 3.08. The summed E-state index contributed by atoms with van der Waals surface area (Å²) in [6, 6.07) is 0. The van der Waals surface area contributed by atoms with Crippen molar-refractivity contribution >= 4 is 10.7 Å². The molecule has 68 valence electrons. The van der Waals surface area contributed by atoms with Crippen LogP contribution in [0.2, 0.25) is 0 Å². The summed E-state index contributed by atoms with van der Waals surface area (Å²) in [5.74, 6) is 0. The molecule has 0 aliphatic heterocycles. The molecule has 11 heavy (non-hydrogen) atoms. The monoisotopic (exact) mass is 199 g/mol. The lowest BCUT2D eigenvalue weighted by Crippen LogP contribution is -2.29. The minimum atomic E-state index is -5.31. The molecule has 0 saturated heterocycles. The van der Waals surface area contributed by atoms with Crippen LogP contribution < -0.4 is 0 Å². The second kappa shape index (κ2) is 3.00. The largest absolute Gasteiger partial charge is 0.460 e. The molecule has 0 amide bonds. The number of alkyl halides is 6. The third-order valence-electron chi connectivity index (χ3n) is 0.621. The van der Waals surface area contributed by atoms with Crippen LogP contribution in [-0.2, 0) is 10.7 Å². The Bertz CT molecular complexity index is 150. The summed E-state index contributed by atoms with van der Waals surface area (Å²) in [6.07, 6.45) is 0. The Morgan fingerprint density at radius 2 is 1.18 bits per heavy atom. The Morgan fingerprint density at radius 1 is 0.909 bits per heavy atom. The highest BCUT2D eigenvalue weighted by Gasteiger charge is 2.51.